The summed E-state index contributed by atoms with van der Waals surface area (Å²) in [6.45, 7) is 2.62. The van der Waals surface area contributed by atoms with Gasteiger partial charge in [-0.15, -0.1) is 0 Å². The molecular formula is C15H16ClFN2O. The van der Waals surface area contributed by atoms with Gasteiger partial charge in [0.2, 0.25) is 0 Å². The summed E-state index contributed by atoms with van der Waals surface area (Å²) in [4.78, 5) is 0. The van der Waals surface area contributed by atoms with E-state index in [1.807, 2.05) is 6.92 Å². The van der Waals surface area contributed by atoms with E-state index < -0.39 is 5.82 Å². The first-order valence-electron chi connectivity index (χ1n) is 6.34. The molecule has 0 unspecified atom stereocenters. The first-order chi connectivity index (χ1) is 9.60. The molecule has 5 heteroatoms. The van der Waals surface area contributed by atoms with Crippen LogP contribution in [0.3, 0.4) is 0 Å². The third-order valence-electron chi connectivity index (χ3n) is 2.63. The van der Waals surface area contributed by atoms with Gasteiger partial charge in [0.25, 0.3) is 0 Å². The Hall–Kier alpha value is -1.94. The topological polar surface area (TPSA) is 47.3 Å². The maximum Gasteiger partial charge on any atom is 0.148 e. The van der Waals surface area contributed by atoms with Crippen molar-refractivity contribution in [1.29, 1.82) is 0 Å². The van der Waals surface area contributed by atoms with Gasteiger partial charge in [0.1, 0.15) is 11.6 Å². The first-order valence-corrected chi connectivity index (χ1v) is 6.72. The highest BCUT2D eigenvalue weighted by molar-refractivity contribution is 6.33. The van der Waals surface area contributed by atoms with Crippen LogP contribution >= 0.6 is 11.6 Å². The van der Waals surface area contributed by atoms with Gasteiger partial charge in [-0.3, -0.25) is 0 Å². The Morgan fingerprint density at radius 2 is 2.10 bits per heavy atom. The van der Waals surface area contributed by atoms with E-state index in [0.29, 0.717) is 28.8 Å². The number of hydrogen-bond acceptors (Lipinski definition) is 3. The Morgan fingerprint density at radius 3 is 2.80 bits per heavy atom. The molecule has 0 aliphatic rings. The van der Waals surface area contributed by atoms with Crippen molar-refractivity contribution in [2.75, 3.05) is 17.7 Å². The van der Waals surface area contributed by atoms with E-state index in [9.17, 15) is 4.39 Å². The van der Waals surface area contributed by atoms with Crippen molar-refractivity contribution < 1.29 is 9.13 Å². The average molecular weight is 295 g/mol. The van der Waals surface area contributed by atoms with Crippen LogP contribution in [0.4, 0.5) is 21.5 Å². The fourth-order valence-electron chi connectivity index (χ4n) is 1.76. The number of nitrogens with one attached hydrogen (secondary N) is 1. The lowest BCUT2D eigenvalue weighted by Crippen LogP contribution is -1.99. The first kappa shape index (κ1) is 14.5. The second-order valence-electron chi connectivity index (χ2n) is 4.36. The van der Waals surface area contributed by atoms with Gasteiger partial charge in [-0.25, -0.2) is 4.39 Å². The minimum atomic E-state index is -0.420. The van der Waals surface area contributed by atoms with Gasteiger partial charge in [-0.2, -0.15) is 0 Å². The summed E-state index contributed by atoms with van der Waals surface area (Å²) in [5.41, 5.74) is 7.20. The zero-order chi connectivity index (χ0) is 14.5. The van der Waals surface area contributed by atoms with Crippen molar-refractivity contribution in [3.8, 4) is 5.75 Å². The molecule has 0 saturated carbocycles. The van der Waals surface area contributed by atoms with E-state index in [4.69, 9.17) is 22.1 Å². The van der Waals surface area contributed by atoms with Gasteiger partial charge < -0.3 is 15.8 Å². The Kier molecular flexibility index (Phi) is 4.69. The summed E-state index contributed by atoms with van der Waals surface area (Å²) in [5.74, 6) is 0.220. The largest absolute Gasteiger partial charge is 0.493 e. The maximum absolute atomic E-state index is 13.7. The predicted molar refractivity (Wildman–Crippen MR) is 81.3 cm³/mol. The Labute approximate surface area is 122 Å². The Morgan fingerprint density at radius 1 is 1.30 bits per heavy atom. The fraction of sp³-hybridized carbons (Fsp3) is 0.200. The van der Waals surface area contributed by atoms with Gasteiger partial charge in [0, 0.05) is 23.5 Å². The average Bonchev–Trinajstić information content (AvgIpc) is 2.40. The molecule has 3 nitrogen and oxygen atoms in total. The molecule has 2 aromatic carbocycles. The molecule has 0 amide bonds. The molecule has 0 atom stereocenters. The normalized spacial score (nSPS) is 10.3. The molecule has 0 saturated heterocycles. The van der Waals surface area contributed by atoms with Crippen LogP contribution in [0, 0.1) is 5.82 Å². The van der Waals surface area contributed by atoms with Crippen LogP contribution in [-0.2, 0) is 0 Å². The second kappa shape index (κ2) is 6.48. The summed E-state index contributed by atoms with van der Waals surface area (Å²) < 4.78 is 19.3. The molecule has 2 aromatic rings. The number of para-hydroxylation sites is 1. The van der Waals surface area contributed by atoms with Gasteiger partial charge in [-0.1, -0.05) is 24.6 Å². The van der Waals surface area contributed by atoms with E-state index >= 15 is 0 Å². The highest BCUT2D eigenvalue weighted by Crippen LogP contribution is 2.31. The number of rotatable bonds is 5. The third kappa shape index (κ3) is 3.54. The molecule has 0 aliphatic carbocycles. The minimum absolute atomic E-state index is 0.223. The van der Waals surface area contributed by atoms with Crippen molar-refractivity contribution in [2.24, 2.45) is 0 Å². The van der Waals surface area contributed by atoms with E-state index in [-0.39, 0.29) is 5.69 Å². The zero-order valence-electron chi connectivity index (χ0n) is 11.1. The fourth-order valence-corrected chi connectivity index (χ4v) is 1.97. The van der Waals surface area contributed by atoms with Crippen molar-refractivity contribution in [3.05, 3.63) is 47.2 Å². The lowest BCUT2D eigenvalue weighted by atomic mass is 10.2. The van der Waals surface area contributed by atoms with Crippen LogP contribution < -0.4 is 15.8 Å². The van der Waals surface area contributed by atoms with Gasteiger partial charge in [0.05, 0.1) is 17.3 Å². The van der Waals surface area contributed by atoms with E-state index in [0.717, 1.165) is 6.42 Å². The number of ether oxygens (including phenoxy) is 1. The molecule has 0 bridgehead atoms. The smallest absolute Gasteiger partial charge is 0.148 e. The molecule has 0 heterocycles. The van der Waals surface area contributed by atoms with Crippen molar-refractivity contribution in [2.45, 2.75) is 13.3 Å². The maximum atomic E-state index is 13.7. The number of nitrogens with two attached hydrogens (primary N) is 1. The summed E-state index contributed by atoms with van der Waals surface area (Å²) in [7, 11) is 0. The molecule has 0 spiro atoms. The molecule has 3 N–H and O–H groups in total. The van der Waals surface area contributed by atoms with Crippen LogP contribution in [0.1, 0.15) is 13.3 Å². The molecule has 0 radical (unpaired) electrons. The molecule has 106 valence electrons. The monoisotopic (exact) mass is 294 g/mol. The summed E-state index contributed by atoms with van der Waals surface area (Å²) in [6.07, 6.45) is 0.900. The second-order valence-corrected chi connectivity index (χ2v) is 4.77. The molecule has 0 aliphatic heterocycles. The number of benzene rings is 2. The van der Waals surface area contributed by atoms with Gasteiger partial charge >= 0.3 is 0 Å². The molecule has 2 rings (SSSR count). The molecule has 0 fully saturated rings. The Bertz CT molecular complexity index is 584. The quantitative estimate of drug-likeness (QED) is 0.793. The number of hydrogen-bond donors (Lipinski definition) is 2. The van der Waals surface area contributed by atoms with Gasteiger partial charge in [-0.05, 0) is 24.6 Å². The Balaban J connectivity index is 2.27. The molecular weight excluding hydrogens is 279 g/mol. The van der Waals surface area contributed by atoms with E-state index in [1.54, 1.807) is 30.3 Å². The molecule has 0 aromatic heterocycles. The van der Waals surface area contributed by atoms with Crippen LogP contribution in [0.25, 0.3) is 0 Å². The molecule has 20 heavy (non-hydrogen) atoms. The zero-order valence-corrected chi connectivity index (χ0v) is 11.9. The van der Waals surface area contributed by atoms with Crippen LogP contribution in [-0.4, -0.2) is 6.61 Å². The van der Waals surface area contributed by atoms with Crippen LogP contribution in [0.5, 0.6) is 5.75 Å². The van der Waals surface area contributed by atoms with Crippen LogP contribution in [0.2, 0.25) is 5.02 Å². The van der Waals surface area contributed by atoms with Crippen molar-refractivity contribution in [3.63, 3.8) is 0 Å². The third-order valence-corrected chi connectivity index (χ3v) is 2.95. The lowest BCUT2D eigenvalue weighted by Gasteiger charge is -2.12. The summed E-state index contributed by atoms with van der Waals surface area (Å²) in [5, 5.41) is 3.24. The van der Waals surface area contributed by atoms with Crippen molar-refractivity contribution >= 4 is 28.7 Å². The summed E-state index contributed by atoms with van der Waals surface area (Å²) >= 11 is 5.98. The van der Waals surface area contributed by atoms with Gasteiger partial charge in [0.15, 0.2) is 0 Å². The number of anilines is 3. The van der Waals surface area contributed by atoms with E-state index in [1.165, 1.54) is 6.07 Å². The lowest BCUT2D eigenvalue weighted by molar-refractivity contribution is 0.318. The van der Waals surface area contributed by atoms with Crippen molar-refractivity contribution in [1.82, 2.24) is 0 Å². The summed E-state index contributed by atoms with van der Waals surface area (Å²) in [6, 6.07) is 9.70. The predicted octanol–water partition coefficient (Wildman–Crippen LogP) is 4.59. The minimum Gasteiger partial charge on any atom is -0.493 e. The van der Waals surface area contributed by atoms with Crippen LogP contribution in [0.15, 0.2) is 36.4 Å². The van der Waals surface area contributed by atoms with E-state index in [2.05, 4.69) is 5.32 Å². The number of nitrogen functional groups attached to an aromatic ring is 1. The standard InChI is InChI=1S/C15H16ClFN2O/c1-2-6-20-12-8-10(18)7-11(9-12)19-15-13(16)4-3-5-14(15)17/h3-5,7-9,19H,2,6,18H2,1H3. The number of halogens is 2. The SMILES string of the molecule is CCCOc1cc(N)cc(Nc2c(F)cccc2Cl)c1. The highest BCUT2D eigenvalue weighted by Gasteiger charge is 2.08. The highest BCUT2D eigenvalue weighted by atomic mass is 35.5.